The molecule has 0 fully saturated rings. The molecular weight excluding hydrogens is 495 g/mol. The minimum atomic E-state index is -0.718. The van der Waals surface area contributed by atoms with Gasteiger partial charge < -0.3 is 31.4 Å². The number of carbonyl (C=O) groups is 2. The van der Waals surface area contributed by atoms with Crippen LogP contribution >= 0.6 is 0 Å². The number of pyridine rings is 2. The molecule has 2 aromatic rings. The van der Waals surface area contributed by atoms with Crippen LogP contribution in [-0.4, -0.2) is 58.2 Å². The van der Waals surface area contributed by atoms with E-state index < -0.39 is 5.97 Å². The summed E-state index contributed by atoms with van der Waals surface area (Å²) < 4.78 is 4.61. The molecule has 214 valence electrons. The van der Waals surface area contributed by atoms with Crippen molar-refractivity contribution >= 4 is 23.6 Å². The van der Waals surface area contributed by atoms with Gasteiger partial charge in [-0.05, 0) is 87.5 Å². The van der Waals surface area contributed by atoms with Crippen LogP contribution in [0, 0.1) is 0 Å². The van der Waals surface area contributed by atoms with Crippen LogP contribution in [0.3, 0.4) is 0 Å². The number of fused-ring (bicyclic) bond motifs is 2. The standard InChI is InChI=1S/C14H20N2O2.C13H18N2O2.CH4.Li.2H2O/c1-18-13(17)7-3-2-6-12-9-8-11-5-4-10-15-14(11)16-12;16-12(17)6-2-1-5-11-8-7-10-4-3-9-14-13(10)15-11;;;;/h8-9H,2-7,10H2,1H3,(H,15,16);7-8H,1-6,9H2,(H,14,15)(H,16,17);1H4;;2*1H2/q;;;+1;;/p-1. The molecule has 0 bridgehead atoms. The molecule has 0 spiro atoms. The fourth-order valence-electron chi connectivity index (χ4n) is 4.28. The van der Waals surface area contributed by atoms with E-state index in [0.717, 1.165) is 87.5 Å². The number of aromatic nitrogens is 2. The number of carboxylic acid groups (broad SMARTS) is 1. The largest absolute Gasteiger partial charge is 1.00 e. The Balaban J connectivity index is 0. The van der Waals surface area contributed by atoms with Gasteiger partial charge in [-0.15, -0.1) is 0 Å². The molecule has 0 saturated heterocycles. The van der Waals surface area contributed by atoms with E-state index >= 15 is 0 Å². The van der Waals surface area contributed by atoms with E-state index in [1.807, 2.05) is 0 Å². The Morgan fingerprint density at radius 3 is 1.74 bits per heavy atom. The van der Waals surface area contributed by atoms with E-state index in [-0.39, 0.29) is 49.6 Å². The van der Waals surface area contributed by atoms with Crippen LogP contribution in [0.5, 0.6) is 0 Å². The van der Waals surface area contributed by atoms with Crippen LogP contribution in [0.4, 0.5) is 11.6 Å². The topological polar surface area (TPSA) is 175 Å². The molecule has 4 rings (SSSR count). The summed E-state index contributed by atoms with van der Waals surface area (Å²) in [7, 11) is 1.43. The van der Waals surface area contributed by atoms with Gasteiger partial charge in [0.2, 0.25) is 0 Å². The van der Waals surface area contributed by atoms with Gasteiger partial charge in [0.25, 0.3) is 0 Å². The van der Waals surface area contributed by atoms with Gasteiger partial charge in [-0.1, -0.05) is 19.6 Å². The molecule has 4 heterocycles. The zero-order valence-corrected chi connectivity index (χ0v) is 22.7. The van der Waals surface area contributed by atoms with Crippen molar-refractivity contribution in [3.05, 3.63) is 46.8 Å². The number of hydrogen-bond acceptors (Lipinski definition) is 8. The molecule has 11 heteroatoms. The Morgan fingerprint density at radius 2 is 1.31 bits per heavy atom. The van der Waals surface area contributed by atoms with Crippen molar-refractivity contribution in [1.29, 1.82) is 0 Å². The summed E-state index contributed by atoms with van der Waals surface area (Å²) in [4.78, 5) is 30.5. The molecule has 0 radical (unpaired) electrons. The number of aliphatic carboxylic acids is 1. The van der Waals surface area contributed by atoms with E-state index in [2.05, 4.69) is 49.6 Å². The Labute approximate surface area is 244 Å². The fraction of sp³-hybridized carbons (Fsp3) is 0.571. The number of nitrogens with zero attached hydrogens (tertiary/aromatic N) is 2. The summed E-state index contributed by atoms with van der Waals surface area (Å²) in [6, 6.07) is 8.47. The summed E-state index contributed by atoms with van der Waals surface area (Å²) in [5.41, 5.74) is 4.78. The van der Waals surface area contributed by atoms with Crippen molar-refractivity contribution in [1.82, 2.24) is 9.97 Å². The first kappa shape index (κ1) is 38.5. The first-order chi connectivity index (χ1) is 17.0. The maximum atomic E-state index is 11.0. The number of rotatable bonds is 10. The number of esters is 1. The van der Waals surface area contributed by atoms with Gasteiger partial charge >= 0.3 is 30.8 Å². The summed E-state index contributed by atoms with van der Waals surface area (Å²) in [5.74, 6) is 1.22. The molecule has 0 saturated carbocycles. The summed E-state index contributed by atoms with van der Waals surface area (Å²) in [6.07, 6.45) is 10.6. The van der Waals surface area contributed by atoms with Crippen molar-refractivity contribution in [2.75, 3.05) is 30.8 Å². The number of unbranched alkanes of at least 4 members (excludes halogenated alkanes) is 2. The van der Waals surface area contributed by atoms with Gasteiger partial charge in [0, 0.05) is 37.3 Å². The zero-order chi connectivity index (χ0) is 24.9. The van der Waals surface area contributed by atoms with Crippen molar-refractivity contribution in [2.45, 2.75) is 84.5 Å². The second-order valence-electron chi connectivity index (χ2n) is 9.07. The number of hydrogen-bond donors (Lipinski definition) is 3. The molecule has 2 aliphatic rings. The number of aryl methyl sites for hydroxylation is 4. The molecule has 6 N–H and O–H groups in total. The number of carbonyl (C=O) groups excluding carboxylic acids is 1. The van der Waals surface area contributed by atoms with Crippen LogP contribution < -0.4 is 29.5 Å². The van der Waals surface area contributed by atoms with Crippen molar-refractivity contribution in [3.63, 3.8) is 0 Å². The predicted octanol–water partition coefficient (Wildman–Crippen LogP) is 1.20. The van der Waals surface area contributed by atoms with Gasteiger partial charge in [0.1, 0.15) is 11.6 Å². The van der Waals surface area contributed by atoms with Crippen LogP contribution in [-0.2, 0) is 40.0 Å². The molecule has 2 aliphatic heterocycles. The minimum absolute atomic E-state index is 0. The summed E-state index contributed by atoms with van der Waals surface area (Å²) in [6.45, 7) is 2.02. The normalized spacial score (nSPS) is 12.3. The molecule has 10 nitrogen and oxygen atoms in total. The molecule has 0 aliphatic carbocycles. The number of methoxy groups -OCH3 is 1. The maximum Gasteiger partial charge on any atom is 1.00 e. The molecule has 0 unspecified atom stereocenters. The van der Waals surface area contributed by atoms with E-state index in [0.29, 0.717) is 6.42 Å². The second-order valence-corrected chi connectivity index (χ2v) is 9.07. The Hall–Kier alpha value is -2.64. The van der Waals surface area contributed by atoms with Crippen molar-refractivity contribution < 1.29 is 49.2 Å². The number of nitrogens with one attached hydrogen (secondary N) is 2. The van der Waals surface area contributed by atoms with Crippen LogP contribution in [0.2, 0.25) is 0 Å². The Bertz CT molecular complexity index is 993. The first-order valence-electron chi connectivity index (χ1n) is 12.8. The number of ether oxygens (including phenoxy) is 1. The van der Waals surface area contributed by atoms with E-state index in [1.54, 1.807) is 0 Å². The molecular formula is C28H45LiN4O6. The Morgan fingerprint density at radius 1 is 0.846 bits per heavy atom. The molecule has 0 atom stereocenters. The predicted molar refractivity (Wildman–Crippen MR) is 149 cm³/mol. The number of carboxylic acids is 1. The average molecular weight is 541 g/mol. The molecule has 0 aromatic carbocycles. The van der Waals surface area contributed by atoms with Gasteiger partial charge in [-0.2, -0.15) is 0 Å². The van der Waals surface area contributed by atoms with Crippen LogP contribution in [0.1, 0.15) is 81.3 Å². The number of anilines is 2. The van der Waals surface area contributed by atoms with Crippen LogP contribution in [0.15, 0.2) is 24.3 Å². The summed E-state index contributed by atoms with van der Waals surface area (Å²) >= 11 is 0. The van der Waals surface area contributed by atoms with Crippen molar-refractivity contribution in [2.24, 2.45) is 0 Å². The van der Waals surface area contributed by atoms with E-state index in [9.17, 15) is 9.59 Å². The quantitative estimate of drug-likeness (QED) is 0.227. The second kappa shape index (κ2) is 21.2. The van der Waals surface area contributed by atoms with Gasteiger partial charge in [0.15, 0.2) is 0 Å². The monoisotopic (exact) mass is 540 g/mol. The fourth-order valence-corrected chi connectivity index (χ4v) is 4.28. The SMILES string of the molecule is C.COC(=O)CCCCc1ccc2c(n1)NCCC2.O.O=C(O)CCCCc1ccc2c(n1)NCCC2.[Li+].[OH-]. The molecule has 2 aromatic heterocycles. The third-order valence-electron chi connectivity index (χ3n) is 6.27. The zero-order valence-electron chi connectivity index (χ0n) is 22.7. The first-order valence-corrected chi connectivity index (χ1v) is 12.8. The van der Waals surface area contributed by atoms with Gasteiger partial charge in [-0.25, -0.2) is 9.97 Å². The molecule has 39 heavy (non-hydrogen) atoms. The van der Waals surface area contributed by atoms with Crippen molar-refractivity contribution in [3.8, 4) is 0 Å². The third kappa shape index (κ3) is 13.8. The minimum Gasteiger partial charge on any atom is -0.870 e. The van der Waals surface area contributed by atoms with Crippen LogP contribution in [0.25, 0.3) is 0 Å². The molecule has 0 amide bonds. The smallest absolute Gasteiger partial charge is 0.870 e. The van der Waals surface area contributed by atoms with Gasteiger partial charge in [0.05, 0.1) is 7.11 Å². The third-order valence-corrected chi connectivity index (χ3v) is 6.27. The Kier molecular flexibility index (Phi) is 20.9. The summed E-state index contributed by atoms with van der Waals surface area (Å²) in [5, 5.41) is 15.2. The average Bonchev–Trinajstić information content (AvgIpc) is 2.89. The van der Waals surface area contributed by atoms with Gasteiger partial charge in [-0.3, -0.25) is 9.59 Å². The van der Waals surface area contributed by atoms with E-state index in [1.165, 1.54) is 31.1 Å². The maximum absolute atomic E-state index is 11.0. The van der Waals surface area contributed by atoms with E-state index in [4.69, 9.17) is 5.11 Å².